The molecule has 0 aliphatic carbocycles. The topological polar surface area (TPSA) is 84.4 Å². The molecule has 2 aromatic rings. The van der Waals surface area contributed by atoms with E-state index in [1.165, 1.54) is 19.4 Å². The lowest BCUT2D eigenvalue weighted by molar-refractivity contribution is 0.0588. The second kappa shape index (κ2) is 5.91. The zero-order valence-corrected chi connectivity index (χ0v) is 13.9. The van der Waals surface area contributed by atoms with E-state index >= 15 is 0 Å². The highest BCUT2D eigenvalue weighted by Crippen LogP contribution is 2.35. The van der Waals surface area contributed by atoms with Crippen molar-refractivity contribution in [3.05, 3.63) is 62.4 Å². The third-order valence-corrected chi connectivity index (χ3v) is 5.09. The van der Waals surface area contributed by atoms with Crippen molar-refractivity contribution in [3.63, 3.8) is 0 Å². The lowest BCUT2D eigenvalue weighted by Gasteiger charge is -2.42. The van der Waals surface area contributed by atoms with Gasteiger partial charge >= 0.3 is 0 Å². The first kappa shape index (κ1) is 15.7. The summed E-state index contributed by atoms with van der Waals surface area (Å²) in [6.07, 6.45) is 2.39. The third-order valence-electron chi connectivity index (χ3n) is 5.09. The van der Waals surface area contributed by atoms with Gasteiger partial charge in [-0.05, 0) is 18.4 Å². The Morgan fingerprint density at radius 2 is 2.08 bits per heavy atom. The zero-order chi connectivity index (χ0) is 17.6. The van der Waals surface area contributed by atoms with Crippen LogP contribution in [0.2, 0.25) is 0 Å². The van der Waals surface area contributed by atoms with E-state index in [1.807, 2.05) is 10.6 Å². The lowest BCUT2D eigenvalue weighted by atomic mass is 9.83. The number of nitrogens with zero attached hydrogens (tertiary/aromatic N) is 2. The number of methoxy groups -OCH3 is 1. The van der Waals surface area contributed by atoms with Crippen LogP contribution in [0, 0.1) is 5.92 Å². The lowest BCUT2D eigenvalue weighted by Crippen LogP contribution is -2.49. The molecule has 1 amide bonds. The number of ether oxygens (including phenoxy) is 1. The van der Waals surface area contributed by atoms with Crippen molar-refractivity contribution in [3.8, 4) is 5.75 Å². The molecule has 0 unspecified atom stereocenters. The van der Waals surface area contributed by atoms with Crippen LogP contribution >= 0.6 is 0 Å². The van der Waals surface area contributed by atoms with Gasteiger partial charge < -0.3 is 19.2 Å². The van der Waals surface area contributed by atoms with E-state index < -0.39 is 0 Å². The molecule has 0 radical (unpaired) electrons. The standard InChI is InChI=1S/C18H19N3O4/c1-25-16-7-19-13(6-15(16)22)18(24)20-8-11-5-12(10-20)14-3-2-4-17(23)21(14)9-11/h2-4,6-7,11-12H,5,8-10H2,1H3,(H,19,22)/t11-,12+/m1/s1. The number of amides is 1. The smallest absolute Gasteiger partial charge is 0.270 e. The van der Waals surface area contributed by atoms with Gasteiger partial charge in [0, 0.05) is 49.6 Å². The first-order valence-corrected chi connectivity index (χ1v) is 8.32. The molecule has 0 aromatic carbocycles. The molecule has 4 rings (SSSR count). The van der Waals surface area contributed by atoms with Crippen molar-refractivity contribution in [2.45, 2.75) is 18.9 Å². The predicted molar refractivity (Wildman–Crippen MR) is 91.1 cm³/mol. The van der Waals surface area contributed by atoms with Gasteiger partial charge in [0.25, 0.3) is 11.5 Å². The maximum atomic E-state index is 12.8. The van der Waals surface area contributed by atoms with E-state index in [9.17, 15) is 14.4 Å². The fourth-order valence-corrected chi connectivity index (χ4v) is 3.97. The SMILES string of the molecule is COc1c[nH]c(C(=O)N2C[C@H]3C[C@@H](C2)c2cccc(=O)n2C3)cc1=O. The van der Waals surface area contributed by atoms with Crippen LogP contribution in [0.1, 0.15) is 28.5 Å². The number of aromatic nitrogens is 2. The van der Waals surface area contributed by atoms with Gasteiger partial charge in [0.1, 0.15) is 5.69 Å². The van der Waals surface area contributed by atoms with Crippen LogP contribution in [0.3, 0.4) is 0 Å². The Morgan fingerprint density at radius 3 is 2.84 bits per heavy atom. The Kier molecular flexibility index (Phi) is 3.71. The number of H-pyrrole nitrogens is 1. The summed E-state index contributed by atoms with van der Waals surface area (Å²) in [5.41, 5.74) is 0.950. The number of carbonyl (C=O) groups excluding carboxylic acids is 1. The molecule has 25 heavy (non-hydrogen) atoms. The molecule has 1 fully saturated rings. The predicted octanol–water partition coefficient (Wildman–Crippen LogP) is 0.805. The number of aromatic amines is 1. The molecule has 0 spiro atoms. The summed E-state index contributed by atoms with van der Waals surface area (Å²) < 4.78 is 6.76. The van der Waals surface area contributed by atoms with Gasteiger partial charge in [0.2, 0.25) is 5.43 Å². The molecule has 0 saturated carbocycles. The van der Waals surface area contributed by atoms with Gasteiger partial charge in [0.05, 0.1) is 7.11 Å². The molecule has 2 aliphatic rings. The molecular weight excluding hydrogens is 322 g/mol. The van der Waals surface area contributed by atoms with Crippen molar-refractivity contribution >= 4 is 5.91 Å². The summed E-state index contributed by atoms with van der Waals surface area (Å²) in [5, 5.41) is 0. The number of piperidine rings is 1. The molecule has 1 saturated heterocycles. The highest BCUT2D eigenvalue weighted by Gasteiger charge is 2.36. The largest absolute Gasteiger partial charge is 0.491 e. The first-order chi connectivity index (χ1) is 12.1. The summed E-state index contributed by atoms with van der Waals surface area (Å²) in [7, 11) is 1.41. The van der Waals surface area contributed by atoms with Gasteiger partial charge in [0.15, 0.2) is 5.75 Å². The Bertz CT molecular complexity index is 946. The van der Waals surface area contributed by atoms with Gasteiger partial charge in [-0.3, -0.25) is 14.4 Å². The molecular formula is C18H19N3O4. The van der Waals surface area contributed by atoms with E-state index in [-0.39, 0.29) is 40.2 Å². The van der Waals surface area contributed by atoms with E-state index in [4.69, 9.17) is 4.74 Å². The van der Waals surface area contributed by atoms with Gasteiger partial charge in [-0.15, -0.1) is 0 Å². The minimum atomic E-state index is -0.321. The molecule has 130 valence electrons. The number of nitrogens with one attached hydrogen (secondary N) is 1. The summed E-state index contributed by atoms with van der Waals surface area (Å²) in [6, 6.07) is 6.60. The minimum absolute atomic E-state index is 0.0199. The molecule has 4 heterocycles. The molecule has 2 aromatic heterocycles. The Balaban J connectivity index is 1.62. The summed E-state index contributed by atoms with van der Waals surface area (Å²) in [4.78, 5) is 41.4. The molecule has 7 heteroatoms. The van der Waals surface area contributed by atoms with Crippen LogP contribution in [0.4, 0.5) is 0 Å². The average molecular weight is 341 g/mol. The maximum absolute atomic E-state index is 12.8. The highest BCUT2D eigenvalue weighted by atomic mass is 16.5. The Labute approximate surface area is 143 Å². The first-order valence-electron chi connectivity index (χ1n) is 8.32. The average Bonchev–Trinajstić information content (AvgIpc) is 2.62. The molecule has 2 aliphatic heterocycles. The Hall–Kier alpha value is -2.83. The number of hydrogen-bond donors (Lipinski definition) is 1. The minimum Gasteiger partial charge on any atom is -0.491 e. The van der Waals surface area contributed by atoms with Crippen LogP contribution in [-0.2, 0) is 6.54 Å². The Morgan fingerprint density at radius 1 is 1.24 bits per heavy atom. The monoisotopic (exact) mass is 341 g/mol. The number of pyridine rings is 2. The van der Waals surface area contributed by atoms with Crippen LogP contribution in [-0.4, -0.2) is 40.6 Å². The number of likely N-dealkylation sites (tertiary alicyclic amines) is 1. The number of carbonyl (C=O) groups is 1. The fraction of sp³-hybridized carbons (Fsp3) is 0.389. The fourth-order valence-electron chi connectivity index (χ4n) is 3.97. The number of fused-ring (bicyclic) bond motifs is 4. The zero-order valence-electron chi connectivity index (χ0n) is 13.9. The quantitative estimate of drug-likeness (QED) is 0.876. The molecule has 2 bridgehead atoms. The van der Waals surface area contributed by atoms with Gasteiger partial charge in [-0.1, -0.05) is 6.07 Å². The van der Waals surface area contributed by atoms with Crippen LogP contribution in [0.5, 0.6) is 5.75 Å². The second-order valence-electron chi connectivity index (χ2n) is 6.69. The second-order valence-corrected chi connectivity index (χ2v) is 6.69. The van der Waals surface area contributed by atoms with Crippen molar-refractivity contribution in [2.75, 3.05) is 20.2 Å². The summed E-state index contributed by atoms with van der Waals surface area (Å²) >= 11 is 0. The van der Waals surface area contributed by atoms with E-state index in [0.717, 1.165) is 12.1 Å². The molecule has 2 atom stereocenters. The van der Waals surface area contributed by atoms with Crippen molar-refractivity contribution in [1.82, 2.24) is 14.5 Å². The highest BCUT2D eigenvalue weighted by molar-refractivity contribution is 5.92. The van der Waals surface area contributed by atoms with Crippen molar-refractivity contribution < 1.29 is 9.53 Å². The summed E-state index contributed by atoms with van der Waals surface area (Å²) in [6.45, 7) is 1.77. The normalized spacial score (nSPS) is 21.6. The van der Waals surface area contributed by atoms with Gasteiger partial charge in [-0.2, -0.15) is 0 Å². The third kappa shape index (κ3) is 2.65. The number of hydrogen-bond acceptors (Lipinski definition) is 4. The number of rotatable bonds is 2. The summed E-state index contributed by atoms with van der Waals surface area (Å²) in [5.74, 6) is 0.386. The molecule has 7 nitrogen and oxygen atoms in total. The van der Waals surface area contributed by atoms with Gasteiger partial charge in [-0.25, -0.2) is 0 Å². The maximum Gasteiger partial charge on any atom is 0.270 e. The van der Waals surface area contributed by atoms with E-state index in [1.54, 1.807) is 17.0 Å². The van der Waals surface area contributed by atoms with E-state index in [2.05, 4.69) is 4.98 Å². The molecule has 1 N–H and O–H groups in total. The van der Waals surface area contributed by atoms with Crippen LogP contribution in [0.25, 0.3) is 0 Å². The van der Waals surface area contributed by atoms with Crippen molar-refractivity contribution in [1.29, 1.82) is 0 Å². The van der Waals surface area contributed by atoms with Crippen LogP contribution < -0.4 is 15.7 Å². The van der Waals surface area contributed by atoms with Crippen molar-refractivity contribution in [2.24, 2.45) is 5.92 Å². The van der Waals surface area contributed by atoms with Crippen LogP contribution in [0.15, 0.2) is 40.1 Å². The van der Waals surface area contributed by atoms with E-state index in [0.29, 0.717) is 19.6 Å².